The highest BCUT2D eigenvalue weighted by atomic mass is 35.5. The van der Waals surface area contributed by atoms with Crippen LogP contribution >= 0.6 is 11.6 Å². The van der Waals surface area contributed by atoms with E-state index in [2.05, 4.69) is 18.8 Å². The van der Waals surface area contributed by atoms with Gasteiger partial charge >= 0.3 is 0 Å². The van der Waals surface area contributed by atoms with Gasteiger partial charge in [-0.15, -0.1) is 0 Å². The van der Waals surface area contributed by atoms with Crippen molar-refractivity contribution in [2.45, 2.75) is 44.4 Å². The molecule has 0 aliphatic carbocycles. The largest absolute Gasteiger partial charge is 0.326 e. The second-order valence-corrected chi connectivity index (χ2v) is 7.97. The number of piperidine rings is 1. The highest BCUT2D eigenvalue weighted by molar-refractivity contribution is 7.89. The number of hydrogen-bond acceptors (Lipinski definition) is 3. The Morgan fingerprint density at radius 3 is 2.33 bits per heavy atom. The van der Waals surface area contributed by atoms with Crippen LogP contribution in [-0.4, -0.2) is 30.8 Å². The minimum Gasteiger partial charge on any atom is -0.326 e. The molecular weight excluding hydrogens is 312 g/mol. The first-order valence-electron chi connectivity index (χ1n) is 7.23. The molecule has 1 N–H and O–H groups in total. The lowest BCUT2D eigenvalue weighted by atomic mass is 9.75. The lowest BCUT2D eigenvalue weighted by Crippen LogP contribution is -2.42. The van der Waals surface area contributed by atoms with Gasteiger partial charge in [0, 0.05) is 19.3 Å². The van der Waals surface area contributed by atoms with Crippen molar-refractivity contribution >= 4 is 21.6 Å². The Morgan fingerprint density at radius 1 is 1.29 bits per heavy atom. The SMILES string of the molecule is CCC1(CC)CCN(S(=O)(=O)c2c[nH]c(=O)c(Cl)c2)CC1. The van der Waals surface area contributed by atoms with E-state index in [1.807, 2.05) is 0 Å². The zero-order chi connectivity index (χ0) is 15.7. The number of aromatic amines is 1. The Labute approximate surface area is 130 Å². The average molecular weight is 333 g/mol. The summed E-state index contributed by atoms with van der Waals surface area (Å²) in [6, 6.07) is 1.22. The Kier molecular flexibility index (Phi) is 4.80. The first-order chi connectivity index (χ1) is 9.84. The predicted octanol–water partition coefficient (Wildman–Crippen LogP) is 2.62. The van der Waals surface area contributed by atoms with Gasteiger partial charge in [-0.1, -0.05) is 38.3 Å². The van der Waals surface area contributed by atoms with Crippen molar-refractivity contribution in [2.75, 3.05) is 13.1 Å². The molecule has 1 saturated heterocycles. The molecule has 0 spiro atoms. The van der Waals surface area contributed by atoms with Crippen molar-refractivity contribution in [3.8, 4) is 0 Å². The number of aromatic nitrogens is 1. The quantitative estimate of drug-likeness (QED) is 0.921. The molecule has 0 unspecified atom stereocenters. The molecule has 1 aliphatic rings. The van der Waals surface area contributed by atoms with Gasteiger partial charge in [0.15, 0.2) is 0 Å². The number of nitrogens with one attached hydrogen (secondary N) is 1. The molecular formula is C14H21ClN2O3S. The Morgan fingerprint density at radius 2 is 1.86 bits per heavy atom. The van der Waals surface area contributed by atoms with Gasteiger partial charge in [0.2, 0.25) is 10.0 Å². The van der Waals surface area contributed by atoms with Gasteiger partial charge in [-0.05, 0) is 24.3 Å². The lowest BCUT2D eigenvalue weighted by Gasteiger charge is -2.40. The molecule has 1 aromatic rings. The molecule has 21 heavy (non-hydrogen) atoms. The molecule has 1 fully saturated rings. The number of hydrogen-bond donors (Lipinski definition) is 1. The van der Waals surface area contributed by atoms with Crippen LogP contribution in [-0.2, 0) is 10.0 Å². The second-order valence-electron chi connectivity index (χ2n) is 5.62. The third-order valence-electron chi connectivity index (χ3n) is 4.75. The number of halogens is 1. The van der Waals surface area contributed by atoms with Crippen molar-refractivity contribution in [1.29, 1.82) is 0 Å². The number of H-pyrrole nitrogens is 1. The molecule has 5 nitrogen and oxygen atoms in total. The molecule has 2 heterocycles. The summed E-state index contributed by atoms with van der Waals surface area (Å²) in [5.74, 6) is 0. The van der Waals surface area contributed by atoms with E-state index in [9.17, 15) is 13.2 Å². The van der Waals surface area contributed by atoms with Gasteiger partial charge in [0.1, 0.15) is 5.02 Å². The number of nitrogens with zero attached hydrogens (tertiary/aromatic N) is 1. The molecule has 0 bridgehead atoms. The summed E-state index contributed by atoms with van der Waals surface area (Å²) in [4.78, 5) is 13.6. The number of pyridine rings is 1. The lowest BCUT2D eigenvalue weighted by molar-refractivity contribution is 0.141. The van der Waals surface area contributed by atoms with Crippen LogP contribution in [0.4, 0.5) is 0 Å². The van der Waals surface area contributed by atoms with Crippen LogP contribution < -0.4 is 5.56 Å². The fourth-order valence-electron chi connectivity index (χ4n) is 2.89. The second kappa shape index (κ2) is 6.10. The van der Waals surface area contributed by atoms with E-state index < -0.39 is 15.6 Å². The molecule has 2 rings (SSSR count). The Hall–Kier alpha value is -0.850. The van der Waals surface area contributed by atoms with Gasteiger partial charge in [-0.3, -0.25) is 4.79 Å². The van der Waals surface area contributed by atoms with E-state index in [1.54, 1.807) is 0 Å². The third kappa shape index (κ3) is 3.17. The van der Waals surface area contributed by atoms with Crippen LogP contribution in [0.2, 0.25) is 5.02 Å². The maximum atomic E-state index is 12.6. The molecule has 0 atom stereocenters. The maximum Gasteiger partial charge on any atom is 0.266 e. The summed E-state index contributed by atoms with van der Waals surface area (Å²) in [6.45, 7) is 5.35. The molecule has 1 aromatic heterocycles. The van der Waals surface area contributed by atoms with E-state index in [4.69, 9.17) is 11.6 Å². The van der Waals surface area contributed by atoms with Crippen molar-refractivity contribution < 1.29 is 8.42 Å². The molecule has 0 aromatic carbocycles. The fourth-order valence-corrected chi connectivity index (χ4v) is 4.57. The number of rotatable bonds is 4. The standard InChI is InChI=1S/C14H21ClN2O3S/c1-3-14(4-2)5-7-17(8-6-14)21(19,20)11-9-12(15)13(18)16-10-11/h9-10H,3-8H2,1-2H3,(H,16,18). The van der Waals surface area contributed by atoms with Crippen molar-refractivity contribution in [1.82, 2.24) is 9.29 Å². The molecule has 0 amide bonds. The van der Waals surface area contributed by atoms with Crippen molar-refractivity contribution in [3.05, 3.63) is 27.6 Å². The maximum absolute atomic E-state index is 12.6. The van der Waals surface area contributed by atoms with E-state index in [0.29, 0.717) is 13.1 Å². The van der Waals surface area contributed by atoms with Gasteiger partial charge in [-0.25, -0.2) is 8.42 Å². The fraction of sp³-hybridized carbons (Fsp3) is 0.643. The average Bonchev–Trinajstić information content (AvgIpc) is 2.50. The smallest absolute Gasteiger partial charge is 0.266 e. The molecule has 1 aliphatic heterocycles. The minimum absolute atomic E-state index is 0.0487. The van der Waals surface area contributed by atoms with Gasteiger partial charge < -0.3 is 4.98 Å². The summed E-state index contributed by atoms with van der Waals surface area (Å²) < 4.78 is 26.7. The van der Waals surface area contributed by atoms with E-state index in [0.717, 1.165) is 25.7 Å². The Balaban J connectivity index is 2.22. The number of sulfonamides is 1. The minimum atomic E-state index is -3.59. The van der Waals surface area contributed by atoms with Crippen LogP contribution in [0.3, 0.4) is 0 Å². The van der Waals surface area contributed by atoms with Gasteiger partial charge in [-0.2, -0.15) is 4.31 Å². The zero-order valence-corrected chi connectivity index (χ0v) is 13.9. The first kappa shape index (κ1) is 16.5. The first-order valence-corrected chi connectivity index (χ1v) is 9.05. The van der Waals surface area contributed by atoms with Crippen LogP contribution in [0.25, 0.3) is 0 Å². The van der Waals surface area contributed by atoms with Gasteiger partial charge in [0.05, 0.1) is 4.90 Å². The molecule has 118 valence electrons. The summed E-state index contributed by atoms with van der Waals surface area (Å²) in [7, 11) is -3.59. The summed E-state index contributed by atoms with van der Waals surface area (Å²) in [5.41, 5.74) is -0.223. The normalized spacial score (nSPS) is 19.6. The summed E-state index contributed by atoms with van der Waals surface area (Å²) in [5, 5.41) is -0.107. The predicted molar refractivity (Wildman–Crippen MR) is 83.1 cm³/mol. The van der Waals surface area contributed by atoms with E-state index in [-0.39, 0.29) is 15.3 Å². The highest BCUT2D eigenvalue weighted by Crippen LogP contribution is 2.39. The molecule has 7 heteroatoms. The summed E-state index contributed by atoms with van der Waals surface area (Å²) in [6.07, 6.45) is 5.10. The van der Waals surface area contributed by atoms with E-state index in [1.165, 1.54) is 16.6 Å². The van der Waals surface area contributed by atoms with Gasteiger partial charge in [0.25, 0.3) is 5.56 Å². The highest BCUT2D eigenvalue weighted by Gasteiger charge is 2.36. The van der Waals surface area contributed by atoms with E-state index >= 15 is 0 Å². The zero-order valence-electron chi connectivity index (χ0n) is 12.4. The molecule has 0 saturated carbocycles. The van der Waals surface area contributed by atoms with Crippen molar-refractivity contribution in [3.63, 3.8) is 0 Å². The topological polar surface area (TPSA) is 70.2 Å². The van der Waals surface area contributed by atoms with Crippen LogP contribution in [0.15, 0.2) is 22.0 Å². The van der Waals surface area contributed by atoms with Crippen molar-refractivity contribution in [2.24, 2.45) is 5.41 Å². The summed E-state index contributed by atoms with van der Waals surface area (Å²) >= 11 is 5.72. The third-order valence-corrected chi connectivity index (χ3v) is 6.91. The Bertz CT molecular complexity index is 655. The van der Waals surface area contributed by atoms with Crippen LogP contribution in [0, 0.1) is 5.41 Å². The van der Waals surface area contributed by atoms with Crippen LogP contribution in [0.5, 0.6) is 0 Å². The monoisotopic (exact) mass is 332 g/mol. The molecule has 0 radical (unpaired) electrons. The van der Waals surface area contributed by atoms with Crippen LogP contribution in [0.1, 0.15) is 39.5 Å².